The molecule has 2 aromatic carbocycles. The predicted molar refractivity (Wildman–Crippen MR) is 89.8 cm³/mol. The molecule has 2 aromatic rings. The highest BCUT2D eigenvalue weighted by atomic mass is 35.5. The van der Waals surface area contributed by atoms with E-state index in [-0.39, 0.29) is 5.91 Å². The van der Waals surface area contributed by atoms with Gasteiger partial charge in [-0.05, 0) is 35.8 Å². The van der Waals surface area contributed by atoms with Crippen molar-refractivity contribution in [1.82, 2.24) is 5.32 Å². The molecule has 1 aliphatic heterocycles. The molecule has 0 bridgehead atoms. The molecule has 0 aromatic heterocycles. The second kappa shape index (κ2) is 6.58. The quantitative estimate of drug-likeness (QED) is 0.856. The molecule has 0 aliphatic carbocycles. The standard InChI is InChI=1S/C18H15ClN2O/c19-15-8-4-7-14(11-15)9-10-17-20-16(18(22)21-17)12-13-5-2-1-3-6-13/h1-8,11-12H,9-10H2,(H,20,21,22)/b16-12+. The molecule has 0 unspecified atom stereocenters. The number of rotatable bonds is 4. The molecule has 0 saturated carbocycles. The summed E-state index contributed by atoms with van der Waals surface area (Å²) in [4.78, 5) is 16.3. The third-order valence-electron chi connectivity index (χ3n) is 3.39. The molecule has 3 nitrogen and oxygen atoms in total. The second-order valence-corrected chi connectivity index (χ2v) is 5.52. The van der Waals surface area contributed by atoms with E-state index in [1.165, 1.54) is 0 Å². The van der Waals surface area contributed by atoms with Gasteiger partial charge in [-0.15, -0.1) is 0 Å². The number of amides is 1. The van der Waals surface area contributed by atoms with E-state index in [1.54, 1.807) is 6.08 Å². The van der Waals surface area contributed by atoms with Crippen LogP contribution in [0.5, 0.6) is 0 Å². The van der Waals surface area contributed by atoms with Crippen LogP contribution in [0.15, 0.2) is 65.3 Å². The van der Waals surface area contributed by atoms with Gasteiger partial charge in [-0.25, -0.2) is 4.99 Å². The molecule has 1 amide bonds. The molecule has 0 radical (unpaired) electrons. The lowest BCUT2D eigenvalue weighted by atomic mass is 10.1. The van der Waals surface area contributed by atoms with Gasteiger partial charge in [0.1, 0.15) is 11.5 Å². The normalized spacial score (nSPS) is 15.8. The van der Waals surface area contributed by atoms with Crippen LogP contribution in [0.1, 0.15) is 17.5 Å². The molecule has 0 atom stereocenters. The van der Waals surface area contributed by atoms with E-state index < -0.39 is 0 Å². The first-order valence-electron chi connectivity index (χ1n) is 7.11. The molecule has 1 aliphatic rings. The highest BCUT2D eigenvalue weighted by Crippen LogP contribution is 2.15. The first kappa shape index (κ1) is 14.5. The van der Waals surface area contributed by atoms with Crippen LogP contribution in [0.2, 0.25) is 5.02 Å². The van der Waals surface area contributed by atoms with Gasteiger partial charge in [0, 0.05) is 11.4 Å². The van der Waals surface area contributed by atoms with E-state index in [0.717, 1.165) is 22.6 Å². The van der Waals surface area contributed by atoms with Gasteiger partial charge in [0.25, 0.3) is 5.91 Å². The lowest BCUT2D eigenvalue weighted by molar-refractivity contribution is -0.115. The van der Waals surface area contributed by atoms with Gasteiger partial charge < -0.3 is 5.32 Å². The third kappa shape index (κ3) is 3.62. The number of nitrogens with zero attached hydrogens (tertiary/aromatic N) is 1. The van der Waals surface area contributed by atoms with Crippen LogP contribution in [-0.4, -0.2) is 11.7 Å². The van der Waals surface area contributed by atoms with Gasteiger partial charge in [-0.2, -0.15) is 0 Å². The Morgan fingerprint density at radius 3 is 2.64 bits per heavy atom. The molecule has 3 rings (SSSR count). The fraction of sp³-hybridized carbons (Fsp3) is 0.111. The average Bonchev–Trinajstić information content (AvgIpc) is 2.87. The van der Waals surface area contributed by atoms with Crippen LogP contribution in [0.25, 0.3) is 6.08 Å². The van der Waals surface area contributed by atoms with Crippen molar-refractivity contribution >= 4 is 29.4 Å². The van der Waals surface area contributed by atoms with Crippen LogP contribution in [-0.2, 0) is 11.2 Å². The highest BCUT2D eigenvalue weighted by Gasteiger charge is 2.19. The van der Waals surface area contributed by atoms with E-state index >= 15 is 0 Å². The summed E-state index contributed by atoms with van der Waals surface area (Å²) in [5.41, 5.74) is 2.55. The first-order chi connectivity index (χ1) is 10.7. The number of amidine groups is 1. The molecular weight excluding hydrogens is 296 g/mol. The Morgan fingerprint density at radius 1 is 1.05 bits per heavy atom. The minimum Gasteiger partial charge on any atom is -0.309 e. The number of hydrogen-bond acceptors (Lipinski definition) is 2. The minimum absolute atomic E-state index is 0.148. The number of nitrogens with one attached hydrogen (secondary N) is 1. The third-order valence-corrected chi connectivity index (χ3v) is 3.62. The van der Waals surface area contributed by atoms with Gasteiger partial charge >= 0.3 is 0 Å². The van der Waals surface area contributed by atoms with Gasteiger partial charge in [0.2, 0.25) is 0 Å². The Morgan fingerprint density at radius 2 is 1.86 bits per heavy atom. The molecule has 0 saturated heterocycles. The molecule has 22 heavy (non-hydrogen) atoms. The topological polar surface area (TPSA) is 41.5 Å². The number of hydrogen-bond donors (Lipinski definition) is 1. The molecule has 1 N–H and O–H groups in total. The van der Waals surface area contributed by atoms with Gasteiger partial charge in [0.05, 0.1) is 0 Å². The maximum absolute atomic E-state index is 11.9. The number of aliphatic imine (C=N–C) groups is 1. The maximum atomic E-state index is 11.9. The van der Waals surface area contributed by atoms with Crippen LogP contribution in [0, 0.1) is 0 Å². The Bertz CT molecular complexity index is 751. The smallest absolute Gasteiger partial charge is 0.275 e. The SMILES string of the molecule is O=C1NC(CCc2cccc(Cl)c2)=N/C1=C/c1ccccc1. The number of carbonyl (C=O) groups excluding carboxylic acids is 1. The van der Waals surface area contributed by atoms with Crippen molar-refractivity contribution in [2.75, 3.05) is 0 Å². The highest BCUT2D eigenvalue weighted by molar-refractivity contribution is 6.30. The summed E-state index contributed by atoms with van der Waals surface area (Å²) in [6.45, 7) is 0. The number of carbonyl (C=O) groups is 1. The zero-order valence-electron chi connectivity index (χ0n) is 11.9. The Hall–Kier alpha value is -2.39. The predicted octanol–water partition coefficient (Wildman–Crippen LogP) is 3.84. The zero-order chi connectivity index (χ0) is 15.4. The van der Waals surface area contributed by atoms with Crippen molar-refractivity contribution in [2.24, 2.45) is 4.99 Å². The minimum atomic E-state index is -0.148. The molecule has 1 heterocycles. The number of aryl methyl sites for hydroxylation is 1. The summed E-state index contributed by atoms with van der Waals surface area (Å²) in [5, 5.41) is 3.54. The molecule has 0 spiro atoms. The molecular formula is C18H15ClN2O. The molecule has 4 heteroatoms. The Kier molecular flexibility index (Phi) is 4.35. The summed E-state index contributed by atoms with van der Waals surface area (Å²) < 4.78 is 0. The van der Waals surface area contributed by atoms with Crippen LogP contribution >= 0.6 is 11.6 Å². The van der Waals surface area contributed by atoms with Crippen molar-refractivity contribution in [3.8, 4) is 0 Å². The largest absolute Gasteiger partial charge is 0.309 e. The van der Waals surface area contributed by atoms with Gasteiger partial charge in [-0.1, -0.05) is 54.1 Å². The first-order valence-corrected chi connectivity index (χ1v) is 7.48. The fourth-order valence-corrected chi connectivity index (χ4v) is 2.51. The van der Waals surface area contributed by atoms with Crippen molar-refractivity contribution in [2.45, 2.75) is 12.8 Å². The van der Waals surface area contributed by atoms with Crippen LogP contribution < -0.4 is 5.32 Å². The lowest BCUT2D eigenvalue weighted by Crippen LogP contribution is -2.24. The van der Waals surface area contributed by atoms with Crippen molar-refractivity contribution < 1.29 is 4.79 Å². The lowest BCUT2D eigenvalue weighted by Gasteiger charge is -2.01. The summed E-state index contributed by atoms with van der Waals surface area (Å²) >= 11 is 5.97. The van der Waals surface area contributed by atoms with Crippen molar-refractivity contribution in [3.63, 3.8) is 0 Å². The van der Waals surface area contributed by atoms with E-state index in [2.05, 4.69) is 10.3 Å². The number of benzene rings is 2. The molecule has 0 fully saturated rings. The monoisotopic (exact) mass is 310 g/mol. The van der Waals surface area contributed by atoms with Crippen molar-refractivity contribution in [3.05, 3.63) is 76.4 Å². The van der Waals surface area contributed by atoms with E-state index in [4.69, 9.17) is 11.6 Å². The zero-order valence-corrected chi connectivity index (χ0v) is 12.7. The summed E-state index contributed by atoms with van der Waals surface area (Å²) in [6, 6.07) is 17.4. The van der Waals surface area contributed by atoms with E-state index in [0.29, 0.717) is 18.0 Å². The van der Waals surface area contributed by atoms with E-state index in [1.807, 2.05) is 54.6 Å². The Labute approximate surface area is 134 Å². The van der Waals surface area contributed by atoms with Crippen LogP contribution in [0.4, 0.5) is 0 Å². The second-order valence-electron chi connectivity index (χ2n) is 5.08. The van der Waals surface area contributed by atoms with Gasteiger partial charge in [0.15, 0.2) is 0 Å². The van der Waals surface area contributed by atoms with Crippen molar-refractivity contribution in [1.29, 1.82) is 0 Å². The van der Waals surface area contributed by atoms with Gasteiger partial charge in [-0.3, -0.25) is 4.79 Å². The Balaban J connectivity index is 1.69. The average molecular weight is 311 g/mol. The number of halogens is 1. The maximum Gasteiger partial charge on any atom is 0.275 e. The summed E-state index contributed by atoms with van der Waals surface area (Å²) in [6.07, 6.45) is 3.26. The van der Waals surface area contributed by atoms with E-state index in [9.17, 15) is 4.79 Å². The summed E-state index contributed by atoms with van der Waals surface area (Å²) in [7, 11) is 0. The fourth-order valence-electron chi connectivity index (χ4n) is 2.30. The summed E-state index contributed by atoms with van der Waals surface area (Å²) in [5.74, 6) is 0.553. The molecule has 110 valence electrons. The van der Waals surface area contributed by atoms with Crippen LogP contribution in [0.3, 0.4) is 0 Å².